The van der Waals surface area contributed by atoms with Crippen molar-refractivity contribution in [3.8, 4) is 0 Å². The zero-order valence-corrected chi connectivity index (χ0v) is 15.6. The second kappa shape index (κ2) is 7.66. The zero-order valence-electron chi connectivity index (χ0n) is 14.9. The number of para-hydroxylation sites is 1. The van der Waals surface area contributed by atoms with Gasteiger partial charge in [0.1, 0.15) is 0 Å². The van der Waals surface area contributed by atoms with E-state index in [1.807, 2.05) is 24.3 Å². The van der Waals surface area contributed by atoms with Crippen molar-refractivity contribution in [1.29, 1.82) is 0 Å². The van der Waals surface area contributed by atoms with Gasteiger partial charge in [0.2, 0.25) is 5.24 Å². The molecular weight excluding hydrogens is 356 g/mol. The Morgan fingerprint density at radius 1 is 1.15 bits per heavy atom. The van der Waals surface area contributed by atoms with E-state index in [0.717, 1.165) is 12.1 Å². The molecule has 1 aromatic carbocycles. The Kier molecular flexibility index (Phi) is 5.51. The summed E-state index contributed by atoms with van der Waals surface area (Å²) in [7, 11) is 0. The molecular formula is C19H23ClN2O4. The Balaban J connectivity index is 1.70. The van der Waals surface area contributed by atoms with E-state index in [9.17, 15) is 14.4 Å². The number of urea groups is 1. The highest BCUT2D eigenvalue weighted by molar-refractivity contribution is 6.63. The van der Waals surface area contributed by atoms with Gasteiger partial charge >= 0.3 is 12.0 Å². The van der Waals surface area contributed by atoms with Crippen LogP contribution >= 0.6 is 11.6 Å². The van der Waals surface area contributed by atoms with E-state index >= 15 is 0 Å². The molecule has 2 amide bonds. The summed E-state index contributed by atoms with van der Waals surface area (Å²) in [6.07, 6.45) is 1.56. The van der Waals surface area contributed by atoms with Crippen molar-refractivity contribution in [2.45, 2.75) is 32.6 Å². The summed E-state index contributed by atoms with van der Waals surface area (Å²) in [5, 5.41) is -0.550. The molecule has 26 heavy (non-hydrogen) atoms. The molecule has 1 fully saturated rings. The Labute approximate surface area is 158 Å². The van der Waals surface area contributed by atoms with Gasteiger partial charge in [-0.25, -0.2) is 4.79 Å². The molecule has 0 atom stereocenters. The van der Waals surface area contributed by atoms with Crippen LogP contribution in [0.4, 0.5) is 10.5 Å². The van der Waals surface area contributed by atoms with Gasteiger partial charge in [-0.15, -0.1) is 0 Å². The molecule has 3 rings (SSSR count). The van der Waals surface area contributed by atoms with Crippen LogP contribution in [0, 0.1) is 5.41 Å². The molecule has 0 bridgehead atoms. The van der Waals surface area contributed by atoms with Crippen molar-refractivity contribution in [1.82, 2.24) is 4.90 Å². The van der Waals surface area contributed by atoms with Gasteiger partial charge in [-0.05, 0) is 49.4 Å². The molecule has 7 heteroatoms. The number of ether oxygens (including phenoxy) is 1. The number of benzene rings is 1. The van der Waals surface area contributed by atoms with Gasteiger partial charge < -0.3 is 9.64 Å². The molecule has 0 aliphatic carbocycles. The summed E-state index contributed by atoms with van der Waals surface area (Å²) < 4.78 is 5.16. The molecule has 1 saturated heterocycles. The quantitative estimate of drug-likeness (QED) is 0.596. The number of hydrogen-bond donors (Lipinski definition) is 0. The predicted molar refractivity (Wildman–Crippen MR) is 98.2 cm³/mol. The maximum atomic E-state index is 12.9. The fourth-order valence-electron chi connectivity index (χ4n) is 3.84. The molecule has 2 aliphatic heterocycles. The highest BCUT2D eigenvalue weighted by atomic mass is 35.5. The standard InChI is InChI=1S/C19H23ClN2O4/c1-2-26-17(24)19(13-16(20)23)8-11-21(12-9-19)18(25)22-10-7-14-5-3-4-6-15(14)22/h3-6H,2,7-13H2,1H3. The lowest BCUT2D eigenvalue weighted by molar-refractivity contribution is -0.159. The van der Waals surface area contributed by atoms with Crippen LogP contribution in [0.2, 0.25) is 0 Å². The summed E-state index contributed by atoms with van der Waals surface area (Å²) in [6.45, 7) is 3.46. The van der Waals surface area contributed by atoms with Gasteiger partial charge in [-0.2, -0.15) is 0 Å². The normalized spacial score (nSPS) is 18.4. The first-order valence-electron chi connectivity index (χ1n) is 8.97. The van der Waals surface area contributed by atoms with E-state index in [1.165, 1.54) is 5.56 Å². The number of carbonyl (C=O) groups excluding carboxylic acids is 3. The fourth-order valence-corrected chi connectivity index (χ4v) is 4.09. The summed E-state index contributed by atoms with van der Waals surface area (Å²) in [5.74, 6) is -0.396. The number of nitrogens with zero attached hydrogens (tertiary/aromatic N) is 2. The Bertz CT molecular complexity index is 713. The van der Waals surface area contributed by atoms with Crippen LogP contribution in [0.25, 0.3) is 0 Å². The number of piperidine rings is 1. The van der Waals surface area contributed by atoms with Crippen LogP contribution in [-0.4, -0.2) is 48.4 Å². The van der Waals surface area contributed by atoms with E-state index in [1.54, 1.807) is 16.7 Å². The van der Waals surface area contributed by atoms with Gasteiger partial charge in [0.05, 0.1) is 12.0 Å². The number of anilines is 1. The Morgan fingerprint density at radius 3 is 2.50 bits per heavy atom. The Hall–Kier alpha value is -2.08. The molecule has 0 radical (unpaired) electrons. The topological polar surface area (TPSA) is 66.9 Å². The number of likely N-dealkylation sites (tertiary alicyclic amines) is 1. The maximum Gasteiger partial charge on any atom is 0.324 e. The van der Waals surface area contributed by atoms with E-state index in [2.05, 4.69) is 0 Å². The lowest BCUT2D eigenvalue weighted by atomic mass is 9.76. The molecule has 0 N–H and O–H groups in total. The van der Waals surface area contributed by atoms with Crippen molar-refractivity contribution in [3.05, 3.63) is 29.8 Å². The highest BCUT2D eigenvalue weighted by Crippen LogP contribution is 2.38. The number of fused-ring (bicyclic) bond motifs is 1. The summed E-state index contributed by atoms with van der Waals surface area (Å²) >= 11 is 5.57. The molecule has 2 aliphatic rings. The molecule has 0 saturated carbocycles. The van der Waals surface area contributed by atoms with Gasteiger partial charge in [0.25, 0.3) is 0 Å². The first kappa shape index (κ1) is 18.7. The second-order valence-corrected chi connectivity index (χ2v) is 7.25. The van der Waals surface area contributed by atoms with Crippen molar-refractivity contribution in [2.75, 3.05) is 31.1 Å². The average molecular weight is 379 g/mol. The molecule has 0 unspecified atom stereocenters. The van der Waals surface area contributed by atoms with Crippen LogP contribution in [0.1, 0.15) is 31.7 Å². The average Bonchev–Trinajstić information content (AvgIpc) is 3.05. The lowest BCUT2D eigenvalue weighted by Crippen LogP contribution is -2.51. The van der Waals surface area contributed by atoms with E-state index in [-0.39, 0.29) is 19.1 Å². The van der Waals surface area contributed by atoms with Crippen molar-refractivity contribution in [3.63, 3.8) is 0 Å². The fraction of sp³-hybridized carbons (Fsp3) is 0.526. The SMILES string of the molecule is CCOC(=O)C1(CC(=O)Cl)CCN(C(=O)N2CCc3ccccc32)CC1. The van der Waals surface area contributed by atoms with E-state index in [0.29, 0.717) is 32.5 Å². The third-order valence-electron chi connectivity index (χ3n) is 5.29. The van der Waals surface area contributed by atoms with Crippen LogP contribution < -0.4 is 4.90 Å². The molecule has 140 valence electrons. The largest absolute Gasteiger partial charge is 0.466 e. The van der Waals surface area contributed by atoms with Gasteiger partial charge in [-0.1, -0.05) is 18.2 Å². The monoisotopic (exact) mass is 378 g/mol. The van der Waals surface area contributed by atoms with Gasteiger partial charge in [0.15, 0.2) is 0 Å². The summed E-state index contributed by atoms with van der Waals surface area (Å²) in [6, 6.07) is 7.85. The minimum absolute atomic E-state index is 0.0513. The maximum absolute atomic E-state index is 12.9. The number of hydrogen-bond acceptors (Lipinski definition) is 4. The molecule has 1 aromatic rings. The lowest BCUT2D eigenvalue weighted by Gasteiger charge is -2.40. The predicted octanol–water partition coefficient (Wildman–Crippen LogP) is 2.97. The number of carbonyl (C=O) groups is 3. The number of amides is 2. The third kappa shape index (κ3) is 3.56. The van der Waals surface area contributed by atoms with Crippen LogP contribution in [0.5, 0.6) is 0 Å². The highest BCUT2D eigenvalue weighted by Gasteiger charge is 2.45. The Morgan fingerprint density at radius 2 is 1.85 bits per heavy atom. The molecule has 2 heterocycles. The smallest absolute Gasteiger partial charge is 0.324 e. The van der Waals surface area contributed by atoms with E-state index < -0.39 is 16.6 Å². The van der Waals surface area contributed by atoms with Crippen molar-refractivity contribution in [2.24, 2.45) is 5.41 Å². The first-order chi connectivity index (χ1) is 12.5. The summed E-state index contributed by atoms with van der Waals surface area (Å²) in [5.41, 5.74) is 1.20. The number of rotatable bonds is 4. The second-order valence-electron chi connectivity index (χ2n) is 6.83. The first-order valence-corrected chi connectivity index (χ1v) is 9.34. The van der Waals surface area contributed by atoms with Crippen LogP contribution in [-0.2, 0) is 20.7 Å². The van der Waals surface area contributed by atoms with Gasteiger partial charge in [0, 0.05) is 31.7 Å². The molecule has 0 spiro atoms. The number of halogens is 1. The van der Waals surface area contributed by atoms with Crippen molar-refractivity contribution >= 4 is 34.5 Å². The number of esters is 1. The van der Waals surface area contributed by atoms with Crippen LogP contribution in [0.15, 0.2) is 24.3 Å². The minimum Gasteiger partial charge on any atom is -0.466 e. The van der Waals surface area contributed by atoms with E-state index in [4.69, 9.17) is 16.3 Å². The third-order valence-corrected chi connectivity index (χ3v) is 5.43. The van der Waals surface area contributed by atoms with Crippen LogP contribution in [0.3, 0.4) is 0 Å². The van der Waals surface area contributed by atoms with Crippen molar-refractivity contribution < 1.29 is 19.1 Å². The van der Waals surface area contributed by atoms with Gasteiger partial charge in [-0.3, -0.25) is 14.5 Å². The minimum atomic E-state index is -0.922. The molecule has 0 aromatic heterocycles. The summed E-state index contributed by atoms with van der Waals surface area (Å²) in [4.78, 5) is 40.3. The zero-order chi connectivity index (χ0) is 18.7. The molecule has 6 nitrogen and oxygen atoms in total.